The quantitative estimate of drug-likeness (QED) is 0.489. The largest absolute Gasteiger partial charge is 0.533 e. The third-order valence-electron chi connectivity index (χ3n) is 2.54. The molecule has 0 saturated carbocycles. The molecular weight excluding hydrogens is 368 g/mol. The van der Waals surface area contributed by atoms with Gasteiger partial charge in [-0.1, -0.05) is 17.7 Å². The first kappa shape index (κ1) is 17.9. The van der Waals surface area contributed by atoms with Crippen molar-refractivity contribution >= 4 is 23.6 Å². The molecule has 0 amide bonds. The van der Waals surface area contributed by atoms with E-state index in [-0.39, 0.29) is 33.2 Å². The summed E-state index contributed by atoms with van der Waals surface area (Å²) >= 11 is 5.88. The van der Waals surface area contributed by atoms with Crippen molar-refractivity contribution in [1.82, 2.24) is 4.98 Å². The SMILES string of the molecule is FC(F)(F)OSc1ccc(-c2ccc(C(F)(F)F)cc2Cl)nc1. The predicted octanol–water partition coefficient (Wildman–Crippen LogP) is 5.96. The first-order chi connectivity index (χ1) is 10.6. The van der Waals surface area contributed by atoms with Crippen molar-refractivity contribution in [2.75, 3.05) is 0 Å². The van der Waals surface area contributed by atoms with Gasteiger partial charge < -0.3 is 0 Å². The van der Waals surface area contributed by atoms with Gasteiger partial charge in [-0.15, -0.1) is 13.2 Å². The van der Waals surface area contributed by atoms with Gasteiger partial charge in [0.2, 0.25) is 0 Å². The smallest absolute Gasteiger partial charge is 0.255 e. The van der Waals surface area contributed by atoms with Crippen LogP contribution in [0.1, 0.15) is 5.56 Å². The maximum absolute atomic E-state index is 12.6. The van der Waals surface area contributed by atoms with Gasteiger partial charge in [0.15, 0.2) is 0 Å². The fraction of sp³-hybridized carbons (Fsp3) is 0.154. The van der Waals surface area contributed by atoms with Crippen molar-refractivity contribution in [1.29, 1.82) is 0 Å². The summed E-state index contributed by atoms with van der Waals surface area (Å²) in [7, 11) is 0. The van der Waals surface area contributed by atoms with Crippen molar-refractivity contribution in [2.45, 2.75) is 17.4 Å². The van der Waals surface area contributed by atoms with E-state index in [1.165, 1.54) is 12.1 Å². The molecule has 1 heterocycles. The van der Waals surface area contributed by atoms with Crippen LogP contribution in [0.25, 0.3) is 11.3 Å². The molecule has 0 aliphatic rings. The lowest BCUT2D eigenvalue weighted by Gasteiger charge is -2.10. The summed E-state index contributed by atoms with van der Waals surface area (Å²) in [5.41, 5.74) is -0.454. The first-order valence-corrected chi connectivity index (χ1v) is 6.94. The summed E-state index contributed by atoms with van der Waals surface area (Å²) in [5.74, 6) is 0. The lowest BCUT2D eigenvalue weighted by atomic mass is 10.1. The number of hydrogen-bond acceptors (Lipinski definition) is 3. The van der Waals surface area contributed by atoms with Crippen LogP contribution in [0.15, 0.2) is 41.4 Å². The van der Waals surface area contributed by atoms with Crippen LogP contribution < -0.4 is 0 Å². The second-order valence-electron chi connectivity index (χ2n) is 4.18. The van der Waals surface area contributed by atoms with E-state index in [1.54, 1.807) is 0 Å². The number of halogens is 7. The van der Waals surface area contributed by atoms with E-state index in [1.807, 2.05) is 0 Å². The summed E-state index contributed by atoms with van der Waals surface area (Å²) in [4.78, 5) is 3.95. The number of benzene rings is 1. The molecule has 0 bridgehead atoms. The summed E-state index contributed by atoms with van der Waals surface area (Å²) in [6.45, 7) is 0. The topological polar surface area (TPSA) is 22.1 Å². The fourth-order valence-electron chi connectivity index (χ4n) is 1.58. The van der Waals surface area contributed by atoms with Gasteiger partial charge in [-0.3, -0.25) is 4.98 Å². The van der Waals surface area contributed by atoms with E-state index < -0.39 is 18.1 Å². The van der Waals surface area contributed by atoms with Crippen molar-refractivity contribution in [3.05, 3.63) is 47.1 Å². The normalized spacial score (nSPS) is 12.5. The zero-order valence-electron chi connectivity index (χ0n) is 10.9. The first-order valence-electron chi connectivity index (χ1n) is 5.82. The third-order valence-corrected chi connectivity index (χ3v) is 3.56. The molecule has 1 aromatic heterocycles. The van der Waals surface area contributed by atoms with Crippen LogP contribution in [0.5, 0.6) is 0 Å². The molecule has 2 nitrogen and oxygen atoms in total. The summed E-state index contributed by atoms with van der Waals surface area (Å²) < 4.78 is 76.9. The van der Waals surface area contributed by atoms with Gasteiger partial charge >= 0.3 is 12.5 Å². The van der Waals surface area contributed by atoms with E-state index in [0.717, 1.165) is 24.4 Å². The Morgan fingerprint density at radius 2 is 1.70 bits per heavy atom. The third kappa shape index (κ3) is 5.02. The molecule has 0 spiro atoms. The summed E-state index contributed by atoms with van der Waals surface area (Å²) in [6.07, 6.45) is -8.22. The summed E-state index contributed by atoms with van der Waals surface area (Å²) in [6, 6.07) is 5.36. The second-order valence-corrected chi connectivity index (χ2v) is 5.40. The Balaban J connectivity index is 2.20. The Morgan fingerprint density at radius 1 is 1.00 bits per heavy atom. The minimum absolute atomic E-state index is 0.0720. The zero-order valence-corrected chi connectivity index (χ0v) is 12.4. The van der Waals surface area contributed by atoms with Crippen LogP contribution in [0.4, 0.5) is 26.3 Å². The second kappa shape index (κ2) is 6.58. The molecule has 23 heavy (non-hydrogen) atoms. The number of aromatic nitrogens is 1. The van der Waals surface area contributed by atoms with Crippen molar-refractivity contribution in [3.8, 4) is 11.3 Å². The molecule has 1 aromatic carbocycles. The van der Waals surface area contributed by atoms with E-state index >= 15 is 0 Å². The van der Waals surface area contributed by atoms with Gasteiger partial charge in [0.05, 0.1) is 21.2 Å². The maximum Gasteiger partial charge on any atom is 0.533 e. The van der Waals surface area contributed by atoms with Crippen LogP contribution in [0.3, 0.4) is 0 Å². The van der Waals surface area contributed by atoms with Gasteiger partial charge in [0.25, 0.3) is 0 Å². The molecule has 0 atom stereocenters. The predicted molar refractivity (Wildman–Crippen MR) is 72.7 cm³/mol. The van der Waals surface area contributed by atoms with Crippen LogP contribution >= 0.6 is 23.6 Å². The highest BCUT2D eigenvalue weighted by atomic mass is 35.5. The van der Waals surface area contributed by atoms with E-state index in [2.05, 4.69) is 9.17 Å². The van der Waals surface area contributed by atoms with Crippen LogP contribution in [0, 0.1) is 0 Å². The van der Waals surface area contributed by atoms with Crippen molar-refractivity contribution < 1.29 is 30.5 Å². The lowest BCUT2D eigenvalue weighted by molar-refractivity contribution is -0.266. The molecule has 2 aromatic rings. The fourth-order valence-corrected chi connectivity index (χ4v) is 2.27. The number of hydrogen-bond donors (Lipinski definition) is 0. The molecular formula is C13H6ClF6NOS. The number of rotatable bonds is 3. The standard InChI is InChI=1S/C13H6ClF6NOS/c14-10-5-7(12(15,16)17)1-3-9(10)11-4-2-8(6-21-11)23-22-13(18,19)20/h1-6H. The van der Waals surface area contributed by atoms with Gasteiger partial charge in [-0.25, -0.2) is 4.18 Å². The maximum atomic E-state index is 12.6. The minimum atomic E-state index is -4.79. The molecule has 0 aliphatic heterocycles. The Hall–Kier alpha value is -1.45. The average molecular weight is 374 g/mol. The Labute approximate surface area is 135 Å². The highest BCUT2D eigenvalue weighted by molar-refractivity contribution is 7.94. The number of pyridine rings is 1. The molecule has 2 rings (SSSR count). The van der Waals surface area contributed by atoms with Crippen LogP contribution in [0.2, 0.25) is 5.02 Å². The monoisotopic (exact) mass is 373 g/mol. The highest BCUT2D eigenvalue weighted by Gasteiger charge is 2.31. The molecule has 0 aliphatic carbocycles. The van der Waals surface area contributed by atoms with Gasteiger partial charge in [-0.2, -0.15) is 13.2 Å². The number of nitrogens with zero attached hydrogens (tertiary/aromatic N) is 1. The van der Waals surface area contributed by atoms with Gasteiger partial charge in [-0.05, 0) is 24.3 Å². The Morgan fingerprint density at radius 3 is 2.17 bits per heavy atom. The van der Waals surface area contributed by atoms with E-state index in [0.29, 0.717) is 0 Å². The molecule has 0 saturated heterocycles. The lowest BCUT2D eigenvalue weighted by Crippen LogP contribution is -2.07. The summed E-state index contributed by atoms with van der Waals surface area (Å²) in [5, 5.41) is -0.167. The van der Waals surface area contributed by atoms with Crippen LogP contribution in [-0.4, -0.2) is 11.3 Å². The van der Waals surface area contributed by atoms with Gasteiger partial charge in [0.1, 0.15) is 0 Å². The van der Waals surface area contributed by atoms with E-state index in [4.69, 9.17) is 11.6 Å². The van der Waals surface area contributed by atoms with Crippen molar-refractivity contribution in [3.63, 3.8) is 0 Å². The molecule has 0 fully saturated rings. The van der Waals surface area contributed by atoms with E-state index in [9.17, 15) is 26.3 Å². The molecule has 0 N–H and O–H groups in total. The zero-order chi connectivity index (χ0) is 17.3. The van der Waals surface area contributed by atoms with Gasteiger partial charge in [0, 0.05) is 23.8 Å². The molecule has 0 radical (unpaired) electrons. The Kier molecular flexibility index (Phi) is 5.12. The van der Waals surface area contributed by atoms with Crippen LogP contribution in [-0.2, 0) is 10.4 Å². The Bertz CT molecular complexity index is 686. The molecule has 10 heteroatoms. The minimum Gasteiger partial charge on any atom is -0.255 e. The molecule has 0 unspecified atom stereocenters. The van der Waals surface area contributed by atoms with Crippen molar-refractivity contribution in [2.24, 2.45) is 0 Å². The highest BCUT2D eigenvalue weighted by Crippen LogP contribution is 2.35. The average Bonchev–Trinajstić information content (AvgIpc) is 2.44. The molecule has 124 valence electrons. The number of alkyl halides is 6.